The van der Waals surface area contributed by atoms with Gasteiger partial charge in [0, 0.05) is 38.1 Å². The maximum atomic E-state index is 12.0. The lowest BCUT2D eigenvalue weighted by atomic mass is 10.1. The Morgan fingerprint density at radius 1 is 1.14 bits per heavy atom. The molecule has 0 bridgehead atoms. The second kappa shape index (κ2) is 9.52. The van der Waals surface area contributed by atoms with Gasteiger partial charge in [0.1, 0.15) is 17.4 Å². The van der Waals surface area contributed by atoms with Crippen molar-refractivity contribution in [3.63, 3.8) is 0 Å². The summed E-state index contributed by atoms with van der Waals surface area (Å²) in [6.07, 6.45) is 4.95. The molecule has 1 aliphatic rings. The van der Waals surface area contributed by atoms with Crippen molar-refractivity contribution in [2.24, 2.45) is 0 Å². The van der Waals surface area contributed by atoms with E-state index < -0.39 is 0 Å². The van der Waals surface area contributed by atoms with Gasteiger partial charge in [-0.2, -0.15) is 5.26 Å². The van der Waals surface area contributed by atoms with Crippen LogP contribution in [0.3, 0.4) is 0 Å². The number of fused-ring (bicyclic) bond motifs is 1. The van der Waals surface area contributed by atoms with Crippen molar-refractivity contribution < 1.29 is 4.79 Å². The maximum absolute atomic E-state index is 12.0. The SMILES string of the molecule is CC(=O)c1cccn2c(-c3nc(N[C@@H](C)c4ccc(N5CCNCC5)cc4)ncc3C#N)cnc12. The number of carbonyl (C=O) groups is 1. The minimum absolute atomic E-state index is 0.0423. The summed E-state index contributed by atoms with van der Waals surface area (Å²) in [5.74, 6) is 0.338. The van der Waals surface area contributed by atoms with E-state index in [1.165, 1.54) is 18.8 Å². The number of piperazine rings is 1. The first-order valence-electron chi connectivity index (χ1n) is 11.6. The molecule has 0 aliphatic carbocycles. The molecule has 176 valence electrons. The van der Waals surface area contributed by atoms with Crippen molar-refractivity contribution in [3.8, 4) is 17.5 Å². The molecule has 0 unspecified atom stereocenters. The highest BCUT2D eigenvalue weighted by Gasteiger charge is 2.18. The number of rotatable bonds is 6. The van der Waals surface area contributed by atoms with E-state index in [1.54, 1.807) is 22.7 Å². The van der Waals surface area contributed by atoms with Gasteiger partial charge in [-0.3, -0.25) is 9.20 Å². The second-order valence-electron chi connectivity index (χ2n) is 8.58. The Balaban J connectivity index is 1.42. The molecule has 1 fully saturated rings. The number of Topliss-reactive ketones (excluding diaryl/α,β-unsaturated/α-hetero) is 1. The van der Waals surface area contributed by atoms with Crippen LogP contribution in [0.15, 0.2) is 55.0 Å². The summed E-state index contributed by atoms with van der Waals surface area (Å²) >= 11 is 0. The van der Waals surface area contributed by atoms with Crippen LogP contribution < -0.4 is 15.5 Å². The smallest absolute Gasteiger partial charge is 0.223 e. The van der Waals surface area contributed by atoms with Crippen LogP contribution in [0, 0.1) is 11.3 Å². The lowest BCUT2D eigenvalue weighted by molar-refractivity contribution is 0.101. The zero-order chi connectivity index (χ0) is 24.4. The number of hydrogen-bond donors (Lipinski definition) is 2. The van der Waals surface area contributed by atoms with Crippen LogP contribution >= 0.6 is 0 Å². The normalized spacial score (nSPS) is 14.5. The van der Waals surface area contributed by atoms with E-state index in [9.17, 15) is 10.1 Å². The lowest BCUT2D eigenvalue weighted by Crippen LogP contribution is -2.43. The van der Waals surface area contributed by atoms with Crippen LogP contribution in [-0.4, -0.2) is 51.3 Å². The highest BCUT2D eigenvalue weighted by molar-refractivity contribution is 6.00. The van der Waals surface area contributed by atoms with E-state index in [0.29, 0.717) is 34.1 Å². The van der Waals surface area contributed by atoms with Crippen LogP contribution in [0.2, 0.25) is 0 Å². The summed E-state index contributed by atoms with van der Waals surface area (Å²) in [5.41, 5.74) is 4.79. The van der Waals surface area contributed by atoms with Crippen LogP contribution in [-0.2, 0) is 0 Å². The number of anilines is 2. The number of ketones is 1. The van der Waals surface area contributed by atoms with Crippen molar-refractivity contribution >= 4 is 23.1 Å². The van der Waals surface area contributed by atoms with Gasteiger partial charge in [0.05, 0.1) is 35.3 Å². The van der Waals surface area contributed by atoms with E-state index in [-0.39, 0.29) is 11.8 Å². The fourth-order valence-electron chi connectivity index (χ4n) is 4.36. The zero-order valence-electron chi connectivity index (χ0n) is 19.7. The monoisotopic (exact) mass is 466 g/mol. The number of benzene rings is 1. The van der Waals surface area contributed by atoms with Crippen molar-refractivity contribution in [2.45, 2.75) is 19.9 Å². The average Bonchev–Trinajstić information content (AvgIpc) is 3.33. The molecular weight excluding hydrogens is 440 g/mol. The number of imidazole rings is 1. The molecule has 5 rings (SSSR count). The molecule has 2 N–H and O–H groups in total. The molecule has 4 heterocycles. The van der Waals surface area contributed by atoms with Gasteiger partial charge >= 0.3 is 0 Å². The van der Waals surface area contributed by atoms with Gasteiger partial charge in [-0.1, -0.05) is 12.1 Å². The average molecular weight is 467 g/mol. The van der Waals surface area contributed by atoms with Crippen molar-refractivity contribution in [3.05, 3.63) is 71.7 Å². The Labute approximate surface area is 203 Å². The number of nitriles is 1. The van der Waals surface area contributed by atoms with E-state index >= 15 is 0 Å². The molecule has 4 aromatic rings. The largest absolute Gasteiger partial charge is 0.369 e. The highest BCUT2D eigenvalue weighted by Crippen LogP contribution is 2.26. The van der Waals surface area contributed by atoms with Gasteiger partial charge in [-0.05, 0) is 43.7 Å². The number of nitrogens with one attached hydrogen (secondary N) is 2. The zero-order valence-corrected chi connectivity index (χ0v) is 19.7. The highest BCUT2D eigenvalue weighted by atomic mass is 16.1. The molecule has 9 nitrogen and oxygen atoms in total. The number of hydrogen-bond acceptors (Lipinski definition) is 8. The summed E-state index contributed by atoms with van der Waals surface area (Å²) in [6.45, 7) is 7.57. The summed E-state index contributed by atoms with van der Waals surface area (Å²) in [5, 5.41) is 16.4. The Kier molecular flexibility index (Phi) is 6.12. The first-order chi connectivity index (χ1) is 17.0. The minimum Gasteiger partial charge on any atom is -0.369 e. The third kappa shape index (κ3) is 4.44. The van der Waals surface area contributed by atoms with Crippen LogP contribution in [0.25, 0.3) is 17.0 Å². The molecule has 1 saturated heterocycles. The van der Waals surface area contributed by atoms with E-state index in [0.717, 1.165) is 31.7 Å². The first kappa shape index (κ1) is 22.5. The van der Waals surface area contributed by atoms with Gasteiger partial charge in [-0.25, -0.2) is 15.0 Å². The van der Waals surface area contributed by atoms with Gasteiger partial charge in [-0.15, -0.1) is 0 Å². The van der Waals surface area contributed by atoms with E-state index in [2.05, 4.69) is 67.7 Å². The maximum Gasteiger partial charge on any atom is 0.223 e. The summed E-state index contributed by atoms with van der Waals surface area (Å²) in [7, 11) is 0. The molecular formula is C26H26N8O. The fourth-order valence-corrected chi connectivity index (χ4v) is 4.36. The third-order valence-corrected chi connectivity index (χ3v) is 6.29. The number of pyridine rings is 1. The Hall–Kier alpha value is -4.29. The van der Waals surface area contributed by atoms with E-state index in [1.807, 2.05) is 6.20 Å². The molecule has 1 aliphatic heterocycles. The molecule has 0 amide bonds. The lowest BCUT2D eigenvalue weighted by Gasteiger charge is -2.29. The predicted molar refractivity (Wildman–Crippen MR) is 134 cm³/mol. The standard InChI is InChI=1S/C26H26N8O/c1-17(19-5-7-21(8-6-19)33-12-9-28-10-13-33)31-26-30-15-20(14-27)24(32-26)23-16-29-25-22(18(2)35)4-3-11-34(23)25/h3-8,11,15-17,28H,9-10,12-13H2,1-2H3,(H,30,31,32)/t17-/m0/s1. The fraction of sp³-hybridized carbons (Fsp3) is 0.269. The number of carbonyl (C=O) groups excluding carboxylic acids is 1. The molecule has 35 heavy (non-hydrogen) atoms. The van der Waals surface area contributed by atoms with Gasteiger partial charge < -0.3 is 15.5 Å². The summed E-state index contributed by atoms with van der Waals surface area (Å²) in [4.78, 5) is 27.8. The quantitative estimate of drug-likeness (QED) is 0.416. The minimum atomic E-state index is -0.0740. The first-order valence-corrected chi connectivity index (χ1v) is 11.6. The molecule has 0 radical (unpaired) electrons. The number of nitrogens with zero attached hydrogens (tertiary/aromatic N) is 6. The van der Waals surface area contributed by atoms with Gasteiger partial charge in [0.15, 0.2) is 5.78 Å². The molecule has 0 saturated carbocycles. The third-order valence-electron chi connectivity index (χ3n) is 6.29. The van der Waals surface area contributed by atoms with Gasteiger partial charge in [0.25, 0.3) is 0 Å². The Morgan fingerprint density at radius 2 is 1.91 bits per heavy atom. The molecule has 9 heteroatoms. The number of aromatic nitrogens is 4. The Bertz CT molecular complexity index is 1410. The van der Waals surface area contributed by atoms with Crippen LogP contribution in [0.5, 0.6) is 0 Å². The Morgan fingerprint density at radius 3 is 2.63 bits per heavy atom. The van der Waals surface area contributed by atoms with Crippen LogP contribution in [0.4, 0.5) is 11.6 Å². The molecule has 1 aromatic carbocycles. The van der Waals surface area contributed by atoms with Crippen LogP contribution in [0.1, 0.15) is 41.4 Å². The molecule has 1 atom stereocenters. The van der Waals surface area contributed by atoms with Crippen molar-refractivity contribution in [2.75, 3.05) is 36.4 Å². The van der Waals surface area contributed by atoms with Crippen molar-refractivity contribution in [1.29, 1.82) is 5.26 Å². The molecule has 0 spiro atoms. The topological polar surface area (TPSA) is 111 Å². The second-order valence-corrected chi connectivity index (χ2v) is 8.58. The predicted octanol–water partition coefficient (Wildman–Crippen LogP) is 3.45. The summed E-state index contributed by atoms with van der Waals surface area (Å²) in [6, 6.07) is 14.2. The van der Waals surface area contributed by atoms with E-state index in [4.69, 9.17) is 0 Å². The van der Waals surface area contributed by atoms with Gasteiger partial charge in [0.2, 0.25) is 5.95 Å². The molecule has 3 aromatic heterocycles. The van der Waals surface area contributed by atoms with Crippen molar-refractivity contribution in [1.82, 2.24) is 24.7 Å². The summed E-state index contributed by atoms with van der Waals surface area (Å²) < 4.78 is 1.78.